The highest BCUT2D eigenvalue weighted by molar-refractivity contribution is 6.33. The Labute approximate surface area is 358 Å². The van der Waals surface area contributed by atoms with E-state index in [0.717, 1.165) is 19.2 Å². The molecule has 0 aliphatic carbocycles. The van der Waals surface area contributed by atoms with Crippen LogP contribution >= 0.6 is 23.2 Å². The van der Waals surface area contributed by atoms with Gasteiger partial charge in [-0.3, -0.25) is 9.59 Å². The van der Waals surface area contributed by atoms with Crippen molar-refractivity contribution < 1.29 is 38.7 Å². The standard InChI is InChI=1S/C23H24ClNO5.C21H20ClNO5.2CH4/c1-25-9-8-14(17(27)12-25)21-19(28-2)11-20(29-3)22-16(26)10-18(30-23(21)22)13-6-4-5-7-15(13)24;1-23-7-6-12(17(27)10-23)19-14(24)8-15(25)20-16(26)9-18(28-21(19)20)11-4-2-3-5-13(11)22;;/h4-7,10-11,14,17,27H,8-9,12H2,1-3H3;2-5,8-9,12,17,24-25,27H,6-7,10H2,1H3;2*1H4/t14-,17+;12-,17+;;/m00../s1. The zero-order valence-corrected chi connectivity index (χ0v) is 33.9. The van der Waals surface area contributed by atoms with Gasteiger partial charge in [0.1, 0.15) is 56.5 Å². The Hall–Kier alpha value is -5.08. The molecule has 0 bridgehead atoms. The van der Waals surface area contributed by atoms with Crippen LogP contribution in [0.2, 0.25) is 10.0 Å². The maximum atomic E-state index is 13.1. The van der Waals surface area contributed by atoms with E-state index in [1.807, 2.05) is 31.1 Å². The van der Waals surface area contributed by atoms with Gasteiger partial charge in [0.25, 0.3) is 0 Å². The molecule has 2 fully saturated rings. The number of aliphatic hydroxyl groups is 2. The molecular weight excluding hydrogens is 811 g/mol. The Morgan fingerprint density at radius 1 is 0.633 bits per heavy atom. The van der Waals surface area contributed by atoms with E-state index in [4.69, 9.17) is 41.5 Å². The fourth-order valence-corrected chi connectivity index (χ4v) is 8.56. The number of methoxy groups -OCH3 is 2. The van der Waals surface area contributed by atoms with E-state index in [1.54, 1.807) is 49.6 Å². The summed E-state index contributed by atoms with van der Waals surface area (Å²) in [5, 5.41) is 43.4. The Kier molecular flexibility index (Phi) is 14.6. The van der Waals surface area contributed by atoms with Crippen LogP contribution in [-0.2, 0) is 0 Å². The van der Waals surface area contributed by atoms with E-state index >= 15 is 0 Å². The van der Waals surface area contributed by atoms with Gasteiger partial charge in [0.2, 0.25) is 0 Å². The summed E-state index contributed by atoms with van der Waals surface area (Å²) in [5.74, 6) is 0.239. The molecule has 2 saturated heterocycles. The van der Waals surface area contributed by atoms with Crippen molar-refractivity contribution in [2.24, 2.45) is 0 Å². The van der Waals surface area contributed by atoms with Crippen LogP contribution in [0.5, 0.6) is 23.0 Å². The predicted molar refractivity (Wildman–Crippen MR) is 237 cm³/mol. The zero-order chi connectivity index (χ0) is 41.4. The summed E-state index contributed by atoms with van der Waals surface area (Å²) in [4.78, 5) is 30.0. The fraction of sp³-hybridized carbons (Fsp3) is 0.348. The highest BCUT2D eigenvalue weighted by Crippen LogP contribution is 2.45. The molecule has 4 atom stereocenters. The molecule has 0 unspecified atom stereocenters. The lowest BCUT2D eigenvalue weighted by molar-refractivity contribution is 0.0629. The Morgan fingerprint density at radius 3 is 1.55 bits per heavy atom. The normalized spacial score (nSPS) is 19.5. The number of aliphatic hydroxyl groups excluding tert-OH is 2. The summed E-state index contributed by atoms with van der Waals surface area (Å²) in [6, 6.07) is 19.7. The second kappa shape index (κ2) is 19.1. The van der Waals surface area contributed by atoms with Gasteiger partial charge in [0, 0.05) is 71.4 Å². The van der Waals surface area contributed by atoms with Gasteiger partial charge in [-0.15, -0.1) is 0 Å². The van der Waals surface area contributed by atoms with Crippen molar-refractivity contribution in [1.82, 2.24) is 9.80 Å². The molecule has 8 rings (SSSR count). The van der Waals surface area contributed by atoms with Gasteiger partial charge in [-0.2, -0.15) is 0 Å². The van der Waals surface area contributed by atoms with E-state index < -0.39 is 23.6 Å². The number of rotatable bonds is 6. The largest absolute Gasteiger partial charge is 0.507 e. The van der Waals surface area contributed by atoms with Crippen LogP contribution in [0.3, 0.4) is 0 Å². The van der Waals surface area contributed by atoms with Crippen LogP contribution in [-0.4, -0.2) is 96.9 Å². The Balaban J connectivity index is 0.000000221. The van der Waals surface area contributed by atoms with Gasteiger partial charge < -0.3 is 48.5 Å². The Bertz CT molecular complexity index is 2610. The number of hydrogen-bond acceptors (Lipinski definition) is 12. The molecule has 2 aromatic heterocycles. The minimum absolute atomic E-state index is 0. The minimum atomic E-state index is -0.744. The number of nitrogens with zero attached hydrogens (tertiary/aromatic N) is 2. The minimum Gasteiger partial charge on any atom is -0.507 e. The lowest BCUT2D eigenvalue weighted by Crippen LogP contribution is -2.40. The van der Waals surface area contributed by atoms with Crippen molar-refractivity contribution in [2.45, 2.75) is 51.7 Å². The maximum Gasteiger partial charge on any atom is 0.197 e. The number of aromatic hydroxyl groups is 2. The van der Waals surface area contributed by atoms with Crippen LogP contribution in [0.1, 0.15) is 50.7 Å². The van der Waals surface area contributed by atoms with Crippen molar-refractivity contribution in [3.05, 3.63) is 114 Å². The van der Waals surface area contributed by atoms with Crippen molar-refractivity contribution in [2.75, 3.05) is 54.5 Å². The highest BCUT2D eigenvalue weighted by atomic mass is 35.5. The maximum absolute atomic E-state index is 13.1. The molecule has 0 saturated carbocycles. The molecule has 6 aromatic rings. The average Bonchev–Trinajstić information content (AvgIpc) is 3.18. The lowest BCUT2D eigenvalue weighted by Gasteiger charge is -2.34. The third-order valence-corrected chi connectivity index (χ3v) is 11.7. The van der Waals surface area contributed by atoms with Gasteiger partial charge in [0.15, 0.2) is 10.9 Å². The van der Waals surface area contributed by atoms with Gasteiger partial charge in [-0.25, -0.2) is 0 Å². The molecule has 2 aliphatic rings. The second-order valence-electron chi connectivity index (χ2n) is 14.8. The SMILES string of the molecule is C.C.CN1CC[C@H](c2c(O)cc(O)c3c(=O)cc(-c4ccccc4Cl)oc23)[C@H](O)C1.COc1cc(OC)c2c(=O)cc(-c3ccccc3Cl)oc2c1[C@H]1CCN(C)C[C@H]1O. The van der Waals surface area contributed by atoms with Crippen molar-refractivity contribution >= 4 is 45.1 Å². The van der Waals surface area contributed by atoms with E-state index in [2.05, 4.69) is 4.90 Å². The topological polar surface area (TPSA) is 166 Å². The molecule has 12 nitrogen and oxygen atoms in total. The number of piperidine rings is 2. The van der Waals surface area contributed by atoms with Crippen molar-refractivity contribution in [1.29, 1.82) is 0 Å². The first-order valence-electron chi connectivity index (χ1n) is 18.8. The molecule has 60 heavy (non-hydrogen) atoms. The quantitative estimate of drug-likeness (QED) is 0.126. The molecule has 4 heterocycles. The molecule has 0 amide bonds. The highest BCUT2D eigenvalue weighted by Gasteiger charge is 2.35. The van der Waals surface area contributed by atoms with Crippen molar-refractivity contribution in [3.8, 4) is 45.6 Å². The number of likely N-dealkylation sites (N-methyl/N-ethyl adjacent to an activating group) is 2. The molecule has 2 aliphatic heterocycles. The summed E-state index contributed by atoms with van der Waals surface area (Å²) in [7, 11) is 6.93. The lowest BCUT2D eigenvalue weighted by atomic mass is 9.85. The van der Waals surface area contributed by atoms with Crippen LogP contribution in [0.4, 0.5) is 0 Å². The average molecular weight is 864 g/mol. The summed E-state index contributed by atoms with van der Waals surface area (Å²) in [6.45, 7) is 2.49. The number of ether oxygens (including phenoxy) is 2. The zero-order valence-electron chi connectivity index (χ0n) is 32.4. The number of benzene rings is 4. The summed E-state index contributed by atoms with van der Waals surface area (Å²) < 4.78 is 23.4. The first-order chi connectivity index (χ1) is 27.8. The fourth-order valence-electron chi connectivity index (χ4n) is 8.10. The number of fused-ring (bicyclic) bond motifs is 2. The van der Waals surface area contributed by atoms with Crippen LogP contribution in [0.25, 0.3) is 44.6 Å². The second-order valence-corrected chi connectivity index (χ2v) is 15.6. The number of likely N-dealkylation sites (tertiary alicyclic amines) is 2. The molecular formula is C46H52Cl2N2O10. The number of phenols is 2. The smallest absolute Gasteiger partial charge is 0.197 e. The first-order valence-corrected chi connectivity index (χ1v) is 19.5. The van der Waals surface area contributed by atoms with Gasteiger partial charge in [-0.1, -0.05) is 62.3 Å². The monoisotopic (exact) mass is 862 g/mol. The van der Waals surface area contributed by atoms with Crippen molar-refractivity contribution in [3.63, 3.8) is 0 Å². The Morgan fingerprint density at radius 2 is 1.08 bits per heavy atom. The third-order valence-electron chi connectivity index (χ3n) is 11.0. The molecule has 4 aromatic carbocycles. The van der Waals surface area contributed by atoms with E-state index in [-0.39, 0.29) is 54.4 Å². The summed E-state index contributed by atoms with van der Waals surface area (Å²) in [5.41, 5.74) is 1.91. The van der Waals surface area contributed by atoms with Gasteiger partial charge in [0.05, 0.1) is 36.5 Å². The third kappa shape index (κ3) is 8.86. The van der Waals surface area contributed by atoms with E-state index in [1.165, 1.54) is 19.2 Å². The predicted octanol–water partition coefficient (Wildman–Crippen LogP) is 8.49. The van der Waals surface area contributed by atoms with Gasteiger partial charge in [-0.05, 0) is 64.3 Å². The van der Waals surface area contributed by atoms with E-state index in [0.29, 0.717) is 86.5 Å². The first kappa shape index (κ1) is 46.0. The van der Waals surface area contributed by atoms with Crippen LogP contribution < -0.4 is 20.3 Å². The van der Waals surface area contributed by atoms with Crippen LogP contribution in [0, 0.1) is 0 Å². The number of hydrogen-bond donors (Lipinski definition) is 4. The summed E-state index contributed by atoms with van der Waals surface area (Å²) >= 11 is 12.6. The summed E-state index contributed by atoms with van der Waals surface area (Å²) in [6.07, 6.45) is -0.0872. The molecule has 0 radical (unpaired) electrons. The molecule has 14 heteroatoms. The number of β-amino-alcohol motifs (C(OH)–C–C–N with tert-alkyl or cyclic N) is 2. The molecule has 320 valence electrons. The molecule has 4 N–H and O–H groups in total. The molecule has 0 spiro atoms. The van der Waals surface area contributed by atoms with E-state index in [9.17, 15) is 30.0 Å². The van der Waals surface area contributed by atoms with Crippen LogP contribution in [0.15, 0.2) is 91.2 Å². The number of halogens is 2. The number of phenolic OH excluding ortho intramolecular Hbond substituents is 2. The van der Waals surface area contributed by atoms with Gasteiger partial charge >= 0.3 is 0 Å².